The Morgan fingerprint density at radius 1 is 1.25 bits per heavy atom. The molecule has 4 nitrogen and oxygen atoms in total. The summed E-state index contributed by atoms with van der Waals surface area (Å²) in [6.45, 7) is 6.88. The fourth-order valence-corrected chi connectivity index (χ4v) is 2.13. The van der Waals surface area contributed by atoms with E-state index in [0.717, 1.165) is 5.56 Å². The molecule has 1 aromatic carbocycles. The van der Waals surface area contributed by atoms with Gasteiger partial charge in [0.25, 0.3) is 0 Å². The highest BCUT2D eigenvalue weighted by Gasteiger charge is 2.23. The van der Waals surface area contributed by atoms with Gasteiger partial charge in [-0.1, -0.05) is 45.0 Å². The van der Waals surface area contributed by atoms with Gasteiger partial charge in [0.1, 0.15) is 0 Å². The summed E-state index contributed by atoms with van der Waals surface area (Å²) in [5.74, 6) is 0.134. The van der Waals surface area contributed by atoms with Crippen LogP contribution in [0.5, 0.6) is 0 Å². The van der Waals surface area contributed by atoms with Gasteiger partial charge in [0, 0.05) is 6.04 Å². The molecule has 0 spiro atoms. The molecule has 1 rings (SSSR count). The number of hydrogen-bond donors (Lipinski definition) is 2. The number of methoxy groups -OCH3 is 1. The molecule has 0 heterocycles. The van der Waals surface area contributed by atoms with Crippen molar-refractivity contribution in [3.05, 3.63) is 35.4 Å². The number of nitrogens with one attached hydrogen (secondary N) is 1. The monoisotopic (exact) mass is 279 g/mol. The number of rotatable bonds is 7. The number of likely N-dealkylation sites (N-methyl/N-ethyl adjacent to an activating group) is 1. The molecule has 0 saturated carbocycles. The van der Waals surface area contributed by atoms with Crippen molar-refractivity contribution in [2.45, 2.75) is 45.3 Å². The smallest absolute Gasteiger partial charge is 0.307 e. The van der Waals surface area contributed by atoms with Gasteiger partial charge in [-0.05, 0) is 23.6 Å². The van der Waals surface area contributed by atoms with Gasteiger partial charge in [-0.2, -0.15) is 0 Å². The van der Waals surface area contributed by atoms with Crippen LogP contribution in [0.1, 0.15) is 50.3 Å². The van der Waals surface area contributed by atoms with Crippen LogP contribution in [0.4, 0.5) is 0 Å². The summed E-state index contributed by atoms with van der Waals surface area (Å²) in [5.41, 5.74) is 2.04. The summed E-state index contributed by atoms with van der Waals surface area (Å²) in [5, 5.41) is 13.5. The highest BCUT2D eigenvalue weighted by Crippen LogP contribution is 2.22. The first-order valence-corrected chi connectivity index (χ1v) is 7.07. The van der Waals surface area contributed by atoms with Crippen LogP contribution in [-0.4, -0.2) is 30.8 Å². The standard InChI is InChI=1S/C16H25NO3/c1-5-17-14(10-15(18)20-4)16(19)13-8-6-12(7-9-13)11(2)3/h6-9,11,14,16-17,19H,5,10H2,1-4H3. The second-order valence-corrected chi connectivity index (χ2v) is 5.21. The third-order valence-corrected chi connectivity index (χ3v) is 3.41. The molecule has 2 N–H and O–H groups in total. The van der Waals surface area contributed by atoms with E-state index >= 15 is 0 Å². The van der Waals surface area contributed by atoms with Crippen LogP contribution in [0.25, 0.3) is 0 Å². The van der Waals surface area contributed by atoms with E-state index < -0.39 is 6.10 Å². The summed E-state index contributed by atoms with van der Waals surface area (Å²) in [6.07, 6.45) is -0.576. The Bertz CT molecular complexity index is 414. The third-order valence-electron chi connectivity index (χ3n) is 3.41. The van der Waals surface area contributed by atoms with Gasteiger partial charge in [-0.25, -0.2) is 0 Å². The molecule has 2 atom stereocenters. The van der Waals surface area contributed by atoms with Crippen molar-refractivity contribution in [1.82, 2.24) is 5.32 Å². The number of carbonyl (C=O) groups is 1. The average molecular weight is 279 g/mol. The Morgan fingerprint density at radius 3 is 2.25 bits per heavy atom. The minimum Gasteiger partial charge on any atom is -0.469 e. The molecule has 0 saturated heterocycles. The Labute approximate surface area is 121 Å². The van der Waals surface area contributed by atoms with Crippen molar-refractivity contribution < 1.29 is 14.6 Å². The van der Waals surface area contributed by atoms with Crippen LogP contribution < -0.4 is 5.32 Å². The minimum atomic E-state index is -0.727. The lowest BCUT2D eigenvalue weighted by atomic mass is 9.96. The molecule has 2 unspecified atom stereocenters. The summed E-state index contributed by atoms with van der Waals surface area (Å²) in [6, 6.07) is 7.54. The highest BCUT2D eigenvalue weighted by molar-refractivity contribution is 5.70. The number of benzene rings is 1. The van der Waals surface area contributed by atoms with Gasteiger partial charge < -0.3 is 15.2 Å². The quantitative estimate of drug-likeness (QED) is 0.752. The fraction of sp³-hybridized carbons (Fsp3) is 0.562. The number of aliphatic hydroxyl groups excluding tert-OH is 1. The van der Waals surface area contributed by atoms with Crippen molar-refractivity contribution in [3.8, 4) is 0 Å². The van der Waals surface area contributed by atoms with Crippen molar-refractivity contribution in [3.63, 3.8) is 0 Å². The predicted octanol–water partition coefficient (Wildman–Crippen LogP) is 2.38. The zero-order valence-electron chi connectivity index (χ0n) is 12.7. The first kappa shape index (κ1) is 16.7. The van der Waals surface area contributed by atoms with Crippen LogP contribution in [0.15, 0.2) is 24.3 Å². The van der Waals surface area contributed by atoms with Gasteiger partial charge in [0.2, 0.25) is 0 Å². The Hall–Kier alpha value is -1.39. The van der Waals surface area contributed by atoms with E-state index in [9.17, 15) is 9.90 Å². The molecule has 0 aromatic heterocycles. The molecule has 0 aliphatic heterocycles. The molecule has 0 bridgehead atoms. The molecular weight excluding hydrogens is 254 g/mol. The zero-order valence-corrected chi connectivity index (χ0v) is 12.7. The van der Waals surface area contributed by atoms with Gasteiger partial charge in [0.05, 0.1) is 19.6 Å². The first-order chi connectivity index (χ1) is 9.49. The Kier molecular flexibility index (Phi) is 6.68. The number of hydrogen-bond acceptors (Lipinski definition) is 4. The Morgan fingerprint density at radius 2 is 1.80 bits per heavy atom. The van der Waals surface area contributed by atoms with E-state index in [0.29, 0.717) is 12.5 Å². The lowest BCUT2D eigenvalue weighted by Crippen LogP contribution is -2.37. The first-order valence-electron chi connectivity index (χ1n) is 7.07. The van der Waals surface area contributed by atoms with Crippen LogP contribution >= 0.6 is 0 Å². The van der Waals surface area contributed by atoms with Crippen molar-refractivity contribution >= 4 is 5.97 Å². The molecule has 0 radical (unpaired) electrons. The molecule has 0 fully saturated rings. The van der Waals surface area contributed by atoms with E-state index in [4.69, 9.17) is 0 Å². The largest absolute Gasteiger partial charge is 0.469 e. The molecule has 0 aliphatic rings. The van der Waals surface area contributed by atoms with Crippen LogP contribution in [0.2, 0.25) is 0 Å². The van der Waals surface area contributed by atoms with Crippen molar-refractivity contribution in [2.75, 3.05) is 13.7 Å². The lowest BCUT2D eigenvalue weighted by Gasteiger charge is -2.23. The number of esters is 1. The normalized spacial score (nSPS) is 14.1. The fourth-order valence-electron chi connectivity index (χ4n) is 2.13. The average Bonchev–Trinajstić information content (AvgIpc) is 2.46. The zero-order chi connectivity index (χ0) is 15.1. The SMILES string of the molecule is CCNC(CC(=O)OC)C(O)c1ccc(C(C)C)cc1. The molecular formula is C16H25NO3. The number of carbonyl (C=O) groups excluding carboxylic acids is 1. The second-order valence-electron chi connectivity index (χ2n) is 5.21. The van der Waals surface area contributed by atoms with Gasteiger partial charge >= 0.3 is 5.97 Å². The van der Waals surface area contributed by atoms with Crippen LogP contribution in [0.3, 0.4) is 0 Å². The van der Waals surface area contributed by atoms with E-state index in [1.54, 1.807) is 0 Å². The third kappa shape index (κ3) is 4.62. The molecule has 4 heteroatoms. The predicted molar refractivity (Wildman–Crippen MR) is 79.6 cm³/mol. The number of ether oxygens (including phenoxy) is 1. The van der Waals surface area contributed by atoms with Crippen molar-refractivity contribution in [2.24, 2.45) is 0 Å². The van der Waals surface area contributed by atoms with E-state index in [2.05, 4.69) is 23.9 Å². The maximum atomic E-state index is 11.4. The molecule has 20 heavy (non-hydrogen) atoms. The summed E-state index contributed by atoms with van der Waals surface area (Å²) < 4.78 is 4.67. The second kappa shape index (κ2) is 8.02. The maximum Gasteiger partial charge on any atom is 0.307 e. The number of aliphatic hydroxyl groups is 1. The van der Waals surface area contributed by atoms with E-state index in [-0.39, 0.29) is 18.4 Å². The summed E-state index contributed by atoms with van der Waals surface area (Å²) in [4.78, 5) is 11.4. The van der Waals surface area contributed by atoms with E-state index in [1.165, 1.54) is 12.7 Å². The Balaban J connectivity index is 2.82. The highest BCUT2D eigenvalue weighted by atomic mass is 16.5. The lowest BCUT2D eigenvalue weighted by molar-refractivity contribution is -0.142. The van der Waals surface area contributed by atoms with Gasteiger partial charge in [-0.15, -0.1) is 0 Å². The molecule has 1 aromatic rings. The van der Waals surface area contributed by atoms with Gasteiger partial charge in [0.15, 0.2) is 0 Å². The minimum absolute atomic E-state index is 0.150. The van der Waals surface area contributed by atoms with Crippen LogP contribution in [-0.2, 0) is 9.53 Å². The topological polar surface area (TPSA) is 58.6 Å². The van der Waals surface area contributed by atoms with Crippen molar-refractivity contribution in [1.29, 1.82) is 0 Å². The summed E-state index contributed by atoms with van der Waals surface area (Å²) >= 11 is 0. The molecule has 112 valence electrons. The maximum absolute atomic E-state index is 11.4. The van der Waals surface area contributed by atoms with Crippen LogP contribution in [0, 0.1) is 0 Å². The van der Waals surface area contributed by atoms with Gasteiger partial charge in [-0.3, -0.25) is 4.79 Å². The summed E-state index contributed by atoms with van der Waals surface area (Å²) in [7, 11) is 1.36. The molecule has 0 aliphatic carbocycles. The van der Waals surface area contributed by atoms with E-state index in [1.807, 2.05) is 31.2 Å². The molecule has 0 amide bonds.